The molecule has 0 unspecified atom stereocenters. The molecule has 188 valence electrons. The fourth-order valence-corrected chi connectivity index (χ4v) is 5.03. The van der Waals surface area contributed by atoms with E-state index in [9.17, 15) is 19.5 Å². The number of carbonyl (C=O) groups excluding carboxylic acids is 3. The fourth-order valence-electron chi connectivity index (χ4n) is 4.29. The highest BCUT2D eigenvalue weighted by Crippen LogP contribution is 2.35. The summed E-state index contributed by atoms with van der Waals surface area (Å²) in [6.45, 7) is 0. The summed E-state index contributed by atoms with van der Waals surface area (Å²) in [6, 6.07) is 11.6. The summed E-state index contributed by atoms with van der Waals surface area (Å²) in [7, 11) is 1.52. The van der Waals surface area contributed by atoms with Gasteiger partial charge in [0.1, 0.15) is 22.4 Å². The SMILES string of the molecule is COc1ccc(N(C(=O)c2snc(C(N)=O)c2N)[C@@H](C(=O)NC2CCCC2)c2ccc(O)cc2)cc1. The molecule has 11 heteroatoms. The van der Waals surface area contributed by atoms with Crippen LogP contribution in [0.3, 0.4) is 0 Å². The number of amides is 3. The number of nitrogen functional groups attached to an aromatic ring is 1. The van der Waals surface area contributed by atoms with Gasteiger partial charge in [-0.25, -0.2) is 0 Å². The van der Waals surface area contributed by atoms with Gasteiger partial charge < -0.3 is 26.6 Å². The van der Waals surface area contributed by atoms with Crippen LogP contribution in [0.4, 0.5) is 11.4 Å². The van der Waals surface area contributed by atoms with Gasteiger partial charge in [0.2, 0.25) is 5.91 Å². The van der Waals surface area contributed by atoms with E-state index in [0.717, 1.165) is 37.2 Å². The van der Waals surface area contributed by atoms with Crippen molar-refractivity contribution in [2.24, 2.45) is 5.73 Å². The third-order valence-electron chi connectivity index (χ3n) is 6.14. The van der Waals surface area contributed by atoms with E-state index in [0.29, 0.717) is 17.0 Å². The average molecular weight is 510 g/mol. The van der Waals surface area contributed by atoms with Crippen molar-refractivity contribution < 1.29 is 24.2 Å². The summed E-state index contributed by atoms with van der Waals surface area (Å²) in [6.07, 6.45) is 3.75. The van der Waals surface area contributed by atoms with E-state index in [1.54, 1.807) is 36.4 Å². The largest absolute Gasteiger partial charge is 0.508 e. The number of phenolic OH excluding ortho intramolecular Hbond substituents is 1. The first-order valence-electron chi connectivity index (χ1n) is 11.4. The number of aromatic hydroxyl groups is 1. The van der Waals surface area contributed by atoms with Crippen molar-refractivity contribution in [3.05, 3.63) is 64.7 Å². The number of nitrogens with two attached hydrogens (primary N) is 2. The van der Waals surface area contributed by atoms with Crippen LogP contribution in [0.15, 0.2) is 48.5 Å². The lowest BCUT2D eigenvalue weighted by atomic mass is 10.0. The standard InChI is InChI=1S/C25H27N5O5S/c1-35-18-12-8-16(9-13-18)30(25(34)22-19(26)20(23(27)32)29-36-22)21(14-6-10-17(31)11-7-14)24(33)28-15-4-2-3-5-15/h6-13,15,21,31H,2-5,26H2,1H3,(H2,27,32)(H,28,33)/t21-/m1/s1. The minimum absolute atomic E-state index is 0.000118. The van der Waals surface area contributed by atoms with Gasteiger partial charge in [0, 0.05) is 11.7 Å². The molecule has 3 aromatic rings. The molecule has 10 nitrogen and oxygen atoms in total. The molecule has 36 heavy (non-hydrogen) atoms. The Hall–Kier alpha value is -4.12. The molecule has 6 N–H and O–H groups in total. The number of phenols is 1. The summed E-state index contributed by atoms with van der Waals surface area (Å²) in [5.74, 6) is -1.27. The van der Waals surface area contributed by atoms with Crippen LogP contribution in [0.1, 0.15) is 57.4 Å². The second-order valence-corrected chi connectivity index (χ2v) is 9.27. The van der Waals surface area contributed by atoms with E-state index in [1.165, 1.54) is 24.1 Å². The quantitative estimate of drug-likeness (QED) is 0.363. The van der Waals surface area contributed by atoms with E-state index in [1.807, 2.05) is 0 Å². The number of hydrogen-bond donors (Lipinski definition) is 4. The number of primary amides is 1. The summed E-state index contributed by atoms with van der Waals surface area (Å²) in [5, 5.41) is 12.9. The number of benzene rings is 2. The monoisotopic (exact) mass is 509 g/mol. The Morgan fingerprint density at radius 1 is 1.11 bits per heavy atom. The zero-order valence-corrected chi connectivity index (χ0v) is 20.5. The third kappa shape index (κ3) is 5.10. The maximum atomic E-state index is 14.0. The molecule has 0 bridgehead atoms. The van der Waals surface area contributed by atoms with Crippen molar-refractivity contribution in [3.63, 3.8) is 0 Å². The van der Waals surface area contributed by atoms with Gasteiger partial charge in [-0.15, -0.1) is 0 Å². The minimum Gasteiger partial charge on any atom is -0.508 e. The first kappa shape index (κ1) is 25.0. The fraction of sp³-hybridized carbons (Fsp3) is 0.280. The van der Waals surface area contributed by atoms with Gasteiger partial charge in [-0.1, -0.05) is 25.0 Å². The van der Waals surface area contributed by atoms with Crippen molar-refractivity contribution in [3.8, 4) is 11.5 Å². The summed E-state index contributed by atoms with van der Waals surface area (Å²) in [5.41, 5.74) is 12.0. The minimum atomic E-state index is -1.11. The Morgan fingerprint density at radius 3 is 2.31 bits per heavy atom. The highest BCUT2D eigenvalue weighted by atomic mass is 32.1. The summed E-state index contributed by atoms with van der Waals surface area (Å²) in [4.78, 5) is 40.7. The lowest BCUT2D eigenvalue weighted by Crippen LogP contribution is -2.46. The molecule has 0 aliphatic heterocycles. The molecule has 1 aliphatic carbocycles. The molecule has 1 aliphatic rings. The van der Waals surface area contributed by atoms with Gasteiger partial charge in [0.15, 0.2) is 5.69 Å². The number of methoxy groups -OCH3 is 1. The van der Waals surface area contributed by atoms with Crippen molar-refractivity contribution in [1.82, 2.24) is 9.69 Å². The second kappa shape index (κ2) is 10.6. The maximum absolute atomic E-state index is 14.0. The lowest BCUT2D eigenvalue weighted by molar-refractivity contribution is -0.123. The van der Waals surface area contributed by atoms with Crippen LogP contribution in [-0.4, -0.2) is 40.4 Å². The van der Waals surface area contributed by atoms with Crippen molar-refractivity contribution >= 4 is 40.6 Å². The van der Waals surface area contributed by atoms with Crippen LogP contribution in [0.5, 0.6) is 11.5 Å². The number of ether oxygens (including phenoxy) is 1. The van der Waals surface area contributed by atoms with Gasteiger partial charge >= 0.3 is 0 Å². The summed E-state index contributed by atoms with van der Waals surface area (Å²) < 4.78 is 9.20. The molecule has 0 saturated heterocycles. The molecule has 4 rings (SSSR count). The number of nitrogens with one attached hydrogen (secondary N) is 1. The highest BCUT2D eigenvalue weighted by molar-refractivity contribution is 7.09. The lowest BCUT2D eigenvalue weighted by Gasteiger charge is -2.32. The Balaban J connectivity index is 1.84. The molecular weight excluding hydrogens is 482 g/mol. The zero-order chi connectivity index (χ0) is 25.8. The Kier molecular flexibility index (Phi) is 7.39. The predicted molar refractivity (Wildman–Crippen MR) is 136 cm³/mol. The average Bonchev–Trinajstić information content (AvgIpc) is 3.52. The molecule has 2 aromatic carbocycles. The maximum Gasteiger partial charge on any atom is 0.273 e. The normalized spacial score (nSPS) is 14.2. The van der Waals surface area contributed by atoms with Gasteiger partial charge in [-0.05, 0) is 66.3 Å². The molecular formula is C25H27N5O5S. The Morgan fingerprint density at radius 2 is 1.75 bits per heavy atom. The number of hydrogen-bond acceptors (Lipinski definition) is 8. The van der Waals surface area contributed by atoms with Crippen LogP contribution >= 0.6 is 11.5 Å². The smallest absolute Gasteiger partial charge is 0.273 e. The molecule has 1 fully saturated rings. The van der Waals surface area contributed by atoms with Gasteiger partial charge in [-0.2, -0.15) is 4.37 Å². The molecule has 1 aromatic heterocycles. The first-order valence-corrected chi connectivity index (χ1v) is 12.2. The van der Waals surface area contributed by atoms with E-state index >= 15 is 0 Å². The molecule has 0 radical (unpaired) electrons. The Labute approximate surface area is 212 Å². The highest BCUT2D eigenvalue weighted by Gasteiger charge is 2.37. The van der Waals surface area contributed by atoms with E-state index in [-0.39, 0.29) is 34.0 Å². The topological polar surface area (TPSA) is 161 Å². The zero-order valence-electron chi connectivity index (χ0n) is 19.6. The third-order valence-corrected chi connectivity index (χ3v) is 6.99. The molecule has 1 saturated carbocycles. The summed E-state index contributed by atoms with van der Waals surface area (Å²) >= 11 is 0.739. The number of carbonyl (C=O) groups is 3. The molecule has 1 atom stereocenters. The van der Waals surface area contributed by atoms with E-state index in [4.69, 9.17) is 16.2 Å². The number of nitrogens with zero attached hydrogens (tertiary/aromatic N) is 2. The predicted octanol–water partition coefficient (Wildman–Crippen LogP) is 2.99. The van der Waals surface area contributed by atoms with Crippen molar-refractivity contribution in [2.45, 2.75) is 37.8 Å². The molecule has 1 heterocycles. The first-order chi connectivity index (χ1) is 17.3. The van der Waals surface area contributed by atoms with Crippen LogP contribution < -0.4 is 26.4 Å². The number of aromatic nitrogens is 1. The van der Waals surface area contributed by atoms with E-state index in [2.05, 4.69) is 9.69 Å². The molecule has 3 amide bonds. The second-order valence-electron chi connectivity index (χ2n) is 8.50. The van der Waals surface area contributed by atoms with E-state index < -0.39 is 17.9 Å². The van der Waals surface area contributed by atoms with Gasteiger partial charge in [0.25, 0.3) is 11.8 Å². The van der Waals surface area contributed by atoms with Gasteiger partial charge in [-0.3, -0.25) is 19.3 Å². The Bertz CT molecular complexity index is 1250. The number of rotatable bonds is 8. The van der Waals surface area contributed by atoms with Gasteiger partial charge in [0.05, 0.1) is 12.8 Å². The van der Waals surface area contributed by atoms with Crippen molar-refractivity contribution in [1.29, 1.82) is 0 Å². The van der Waals surface area contributed by atoms with Crippen LogP contribution in [-0.2, 0) is 4.79 Å². The van der Waals surface area contributed by atoms with Crippen molar-refractivity contribution in [2.75, 3.05) is 17.7 Å². The van der Waals surface area contributed by atoms with Crippen LogP contribution in [0.25, 0.3) is 0 Å². The van der Waals surface area contributed by atoms with Crippen LogP contribution in [0, 0.1) is 0 Å². The molecule has 0 spiro atoms. The van der Waals surface area contributed by atoms with Crippen LogP contribution in [0.2, 0.25) is 0 Å². The number of anilines is 2.